The summed E-state index contributed by atoms with van der Waals surface area (Å²) in [5.41, 5.74) is 1.66. The molecule has 0 bridgehead atoms. The van der Waals surface area contributed by atoms with Crippen LogP contribution >= 0.6 is 0 Å². The lowest BCUT2D eigenvalue weighted by Gasteiger charge is -2.42. The summed E-state index contributed by atoms with van der Waals surface area (Å²) in [5, 5.41) is 6.76. The molecule has 0 aliphatic carbocycles. The maximum absolute atomic E-state index is 12.7. The fourth-order valence-electron chi connectivity index (χ4n) is 3.13. The van der Waals surface area contributed by atoms with E-state index in [0.29, 0.717) is 18.6 Å². The number of hydrogen-bond donors (Lipinski definition) is 1. The summed E-state index contributed by atoms with van der Waals surface area (Å²) in [4.78, 5) is 26.6. The maximum atomic E-state index is 12.7. The van der Waals surface area contributed by atoms with Crippen LogP contribution in [0.2, 0.25) is 0 Å². The van der Waals surface area contributed by atoms with E-state index < -0.39 is 12.1 Å². The summed E-state index contributed by atoms with van der Waals surface area (Å²) in [6.45, 7) is 9.43. The zero-order valence-corrected chi connectivity index (χ0v) is 13.3. The van der Waals surface area contributed by atoms with Gasteiger partial charge in [-0.2, -0.15) is 0 Å². The Morgan fingerprint density at radius 2 is 1.95 bits per heavy atom. The Bertz CT molecular complexity index is 533. The molecule has 1 fully saturated rings. The Morgan fingerprint density at radius 1 is 1.29 bits per heavy atom. The zero-order chi connectivity index (χ0) is 15.7. The van der Waals surface area contributed by atoms with E-state index in [-0.39, 0.29) is 17.9 Å². The van der Waals surface area contributed by atoms with Crippen LogP contribution < -0.4 is 5.32 Å². The van der Waals surface area contributed by atoms with Gasteiger partial charge in [-0.1, -0.05) is 19.0 Å². The number of hydrogen-bond acceptors (Lipinski definition) is 4. The maximum Gasteiger partial charge on any atom is 0.246 e. The highest BCUT2D eigenvalue weighted by Crippen LogP contribution is 2.31. The lowest BCUT2D eigenvalue weighted by Crippen LogP contribution is -2.63. The van der Waals surface area contributed by atoms with Crippen LogP contribution in [0.1, 0.15) is 56.7 Å². The highest BCUT2D eigenvalue weighted by molar-refractivity contribution is 5.97. The monoisotopic (exact) mass is 293 g/mol. The minimum Gasteiger partial charge on any atom is -0.361 e. The molecule has 0 saturated carbocycles. The van der Waals surface area contributed by atoms with E-state index in [4.69, 9.17) is 4.52 Å². The van der Waals surface area contributed by atoms with Crippen LogP contribution in [0.15, 0.2) is 4.52 Å². The average Bonchev–Trinajstić information content (AvgIpc) is 2.79. The molecule has 2 heterocycles. The van der Waals surface area contributed by atoms with Crippen molar-refractivity contribution in [2.45, 2.75) is 65.6 Å². The van der Waals surface area contributed by atoms with E-state index in [0.717, 1.165) is 11.3 Å². The molecule has 0 spiro atoms. The van der Waals surface area contributed by atoms with Gasteiger partial charge in [-0.3, -0.25) is 9.59 Å². The van der Waals surface area contributed by atoms with E-state index >= 15 is 0 Å². The van der Waals surface area contributed by atoms with Crippen molar-refractivity contribution in [3.05, 3.63) is 17.0 Å². The Hall–Kier alpha value is -1.85. The van der Waals surface area contributed by atoms with Crippen molar-refractivity contribution in [1.29, 1.82) is 0 Å². The third-order valence-corrected chi connectivity index (χ3v) is 4.23. The van der Waals surface area contributed by atoms with Crippen LogP contribution in [0, 0.1) is 13.8 Å². The van der Waals surface area contributed by atoms with Crippen molar-refractivity contribution in [3.63, 3.8) is 0 Å². The van der Waals surface area contributed by atoms with Crippen LogP contribution in [-0.2, 0) is 9.59 Å². The minimum atomic E-state index is -0.441. The second kappa shape index (κ2) is 5.87. The zero-order valence-electron chi connectivity index (χ0n) is 13.3. The molecule has 6 nitrogen and oxygen atoms in total. The molecule has 0 aromatic carbocycles. The van der Waals surface area contributed by atoms with Gasteiger partial charge in [-0.05, 0) is 33.6 Å². The molecule has 3 atom stereocenters. The molecule has 2 amide bonds. The number of carbonyl (C=O) groups is 2. The molecule has 21 heavy (non-hydrogen) atoms. The van der Waals surface area contributed by atoms with Crippen molar-refractivity contribution >= 4 is 11.8 Å². The Balaban J connectivity index is 2.41. The first-order valence-electron chi connectivity index (χ1n) is 7.47. The van der Waals surface area contributed by atoms with E-state index in [1.54, 1.807) is 4.90 Å². The van der Waals surface area contributed by atoms with E-state index in [1.165, 1.54) is 0 Å². The first kappa shape index (κ1) is 15.5. The second-order valence-electron chi connectivity index (χ2n) is 5.55. The van der Waals surface area contributed by atoms with Crippen LogP contribution in [0.4, 0.5) is 0 Å². The van der Waals surface area contributed by atoms with Crippen LogP contribution in [-0.4, -0.2) is 34.0 Å². The summed E-state index contributed by atoms with van der Waals surface area (Å²) < 4.78 is 5.20. The molecule has 1 aromatic heterocycles. The molecule has 0 radical (unpaired) electrons. The largest absolute Gasteiger partial charge is 0.361 e. The summed E-state index contributed by atoms with van der Waals surface area (Å²) in [6, 6.07) is -1.11. The lowest BCUT2D eigenvalue weighted by molar-refractivity contribution is -0.152. The standard InChI is InChI=1S/C15H23N3O3/c1-6-11-15(20)18(12(7-2)14(19)16-11)9(4)13-8(3)17-21-10(13)5/h9,11-12H,6-7H2,1-5H3,(H,16,19). The number of aromatic nitrogens is 1. The summed E-state index contributed by atoms with van der Waals surface area (Å²) in [6.07, 6.45) is 1.17. The predicted octanol–water partition coefficient (Wildman–Crippen LogP) is 1.87. The molecule has 3 unspecified atom stereocenters. The van der Waals surface area contributed by atoms with E-state index in [2.05, 4.69) is 10.5 Å². The van der Waals surface area contributed by atoms with Gasteiger partial charge in [-0.25, -0.2) is 0 Å². The SMILES string of the molecule is CCC1NC(=O)C(CC)N(C(C)c2c(C)noc2C)C1=O. The van der Waals surface area contributed by atoms with Gasteiger partial charge >= 0.3 is 0 Å². The minimum absolute atomic E-state index is 0.0311. The van der Waals surface area contributed by atoms with E-state index in [9.17, 15) is 9.59 Å². The first-order chi connectivity index (χ1) is 9.92. The fraction of sp³-hybridized carbons (Fsp3) is 0.667. The van der Waals surface area contributed by atoms with Crippen molar-refractivity contribution in [2.75, 3.05) is 0 Å². The third kappa shape index (κ3) is 2.54. The van der Waals surface area contributed by atoms with Gasteiger partial charge < -0.3 is 14.7 Å². The van der Waals surface area contributed by atoms with Gasteiger partial charge in [0, 0.05) is 5.56 Å². The number of piperazine rings is 1. The molecular formula is C15H23N3O3. The van der Waals surface area contributed by atoms with Crippen molar-refractivity contribution in [2.24, 2.45) is 0 Å². The summed E-state index contributed by atoms with van der Waals surface area (Å²) in [5.74, 6) is 0.584. The number of nitrogens with zero attached hydrogens (tertiary/aromatic N) is 2. The normalized spacial score (nSPS) is 24.1. The number of aryl methyl sites for hydroxylation is 2. The first-order valence-corrected chi connectivity index (χ1v) is 7.47. The number of carbonyl (C=O) groups excluding carboxylic acids is 2. The highest BCUT2D eigenvalue weighted by Gasteiger charge is 2.42. The van der Waals surface area contributed by atoms with Gasteiger partial charge in [0.15, 0.2) is 0 Å². The number of nitrogens with one attached hydrogen (secondary N) is 1. The van der Waals surface area contributed by atoms with Gasteiger partial charge in [0.1, 0.15) is 17.8 Å². The van der Waals surface area contributed by atoms with Crippen molar-refractivity contribution in [3.8, 4) is 0 Å². The van der Waals surface area contributed by atoms with Crippen molar-refractivity contribution < 1.29 is 14.1 Å². The second-order valence-corrected chi connectivity index (χ2v) is 5.55. The molecule has 1 aromatic rings. The summed E-state index contributed by atoms with van der Waals surface area (Å²) in [7, 11) is 0. The number of amides is 2. The third-order valence-electron chi connectivity index (χ3n) is 4.23. The van der Waals surface area contributed by atoms with Crippen LogP contribution in [0.5, 0.6) is 0 Å². The average molecular weight is 293 g/mol. The molecule has 1 aliphatic heterocycles. The Labute approximate surface area is 124 Å². The predicted molar refractivity (Wildman–Crippen MR) is 77.5 cm³/mol. The molecular weight excluding hydrogens is 270 g/mol. The topological polar surface area (TPSA) is 75.4 Å². The van der Waals surface area contributed by atoms with Gasteiger partial charge in [0.05, 0.1) is 11.7 Å². The van der Waals surface area contributed by atoms with Gasteiger partial charge in [0.25, 0.3) is 0 Å². The van der Waals surface area contributed by atoms with Gasteiger partial charge in [-0.15, -0.1) is 0 Å². The van der Waals surface area contributed by atoms with E-state index in [1.807, 2.05) is 34.6 Å². The quantitative estimate of drug-likeness (QED) is 0.919. The smallest absolute Gasteiger partial charge is 0.246 e. The molecule has 1 saturated heterocycles. The lowest BCUT2D eigenvalue weighted by atomic mass is 9.97. The van der Waals surface area contributed by atoms with Gasteiger partial charge in [0.2, 0.25) is 11.8 Å². The number of rotatable bonds is 4. The molecule has 6 heteroatoms. The Kier molecular flexibility index (Phi) is 4.34. The highest BCUT2D eigenvalue weighted by atomic mass is 16.5. The Morgan fingerprint density at radius 3 is 2.43 bits per heavy atom. The fourth-order valence-corrected chi connectivity index (χ4v) is 3.13. The molecule has 116 valence electrons. The molecule has 1 aliphatic rings. The molecule has 1 N–H and O–H groups in total. The van der Waals surface area contributed by atoms with Crippen LogP contribution in [0.25, 0.3) is 0 Å². The van der Waals surface area contributed by atoms with Crippen LogP contribution in [0.3, 0.4) is 0 Å². The summed E-state index contributed by atoms with van der Waals surface area (Å²) >= 11 is 0. The van der Waals surface area contributed by atoms with Crippen molar-refractivity contribution in [1.82, 2.24) is 15.4 Å². The molecule has 2 rings (SSSR count).